The average Bonchev–Trinajstić information content (AvgIpc) is 3.47. The predicted octanol–water partition coefficient (Wildman–Crippen LogP) is 3.52. The van der Waals surface area contributed by atoms with Gasteiger partial charge in [-0.3, -0.25) is 4.79 Å². The molecule has 3 amide bonds. The van der Waals surface area contributed by atoms with Crippen molar-refractivity contribution in [3.05, 3.63) is 71.1 Å². The summed E-state index contributed by atoms with van der Waals surface area (Å²) in [7, 11) is 1.54. The van der Waals surface area contributed by atoms with Crippen LogP contribution in [0.1, 0.15) is 18.8 Å². The molecule has 180 valence electrons. The van der Waals surface area contributed by atoms with Crippen LogP contribution >= 0.6 is 15.9 Å². The Morgan fingerprint density at radius 2 is 1.85 bits per heavy atom. The second-order valence-corrected chi connectivity index (χ2v) is 8.30. The molecule has 2 heterocycles. The van der Waals surface area contributed by atoms with E-state index in [0.29, 0.717) is 12.4 Å². The molecule has 0 saturated carbocycles. The van der Waals surface area contributed by atoms with Crippen LogP contribution in [-0.4, -0.2) is 64.9 Å². The Balaban J connectivity index is 0.000000271. The highest BCUT2D eigenvalue weighted by molar-refractivity contribution is 9.10. The van der Waals surface area contributed by atoms with Gasteiger partial charge in [0.25, 0.3) is 5.91 Å². The van der Waals surface area contributed by atoms with Gasteiger partial charge in [-0.1, -0.05) is 46.3 Å². The van der Waals surface area contributed by atoms with E-state index in [0.717, 1.165) is 21.5 Å². The van der Waals surface area contributed by atoms with Crippen LogP contribution in [0.3, 0.4) is 0 Å². The van der Waals surface area contributed by atoms with Crippen molar-refractivity contribution in [3.63, 3.8) is 0 Å². The van der Waals surface area contributed by atoms with E-state index in [1.807, 2.05) is 54.6 Å². The number of rotatable bonds is 8. The first-order chi connectivity index (χ1) is 16.4. The Hall–Kier alpha value is -3.21. The van der Waals surface area contributed by atoms with Crippen molar-refractivity contribution in [1.82, 2.24) is 20.2 Å². The number of H-pyrrole nitrogens is 1. The molecule has 1 fully saturated rings. The van der Waals surface area contributed by atoms with Crippen LogP contribution in [0.5, 0.6) is 5.75 Å². The predicted molar refractivity (Wildman–Crippen MR) is 130 cm³/mol. The number of carbonyl (C=O) groups is 2. The largest absolute Gasteiger partial charge is 0.491 e. The second kappa shape index (κ2) is 12.3. The van der Waals surface area contributed by atoms with Crippen molar-refractivity contribution in [2.24, 2.45) is 0 Å². The van der Waals surface area contributed by atoms with Gasteiger partial charge in [0.1, 0.15) is 24.2 Å². The normalized spacial score (nSPS) is 14.8. The molecule has 1 aliphatic rings. The van der Waals surface area contributed by atoms with Gasteiger partial charge in [-0.2, -0.15) is 0 Å². The summed E-state index contributed by atoms with van der Waals surface area (Å²) in [5.74, 6) is 1.01. The van der Waals surface area contributed by atoms with Crippen LogP contribution in [0.15, 0.2) is 65.3 Å². The molecule has 0 aliphatic carbocycles. The summed E-state index contributed by atoms with van der Waals surface area (Å²) in [4.78, 5) is 32.8. The number of amides is 3. The lowest BCUT2D eigenvalue weighted by atomic mass is 10.1. The number of nitrogens with one attached hydrogen (secondary N) is 2. The number of imide groups is 1. The molecular formula is C24H27BrN4O5. The van der Waals surface area contributed by atoms with Crippen molar-refractivity contribution in [2.75, 3.05) is 26.9 Å². The third-order valence-corrected chi connectivity index (χ3v) is 5.64. The number of methoxy groups -OCH3 is 1. The van der Waals surface area contributed by atoms with E-state index in [1.54, 1.807) is 13.1 Å². The van der Waals surface area contributed by atoms with Crippen LogP contribution in [0.4, 0.5) is 4.79 Å². The quantitative estimate of drug-likeness (QED) is 0.383. The third kappa shape index (κ3) is 6.43. The van der Waals surface area contributed by atoms with Gasteiger partial charge < -0.3 is 24.9 Å². The first kappa shape index (κ1) is 25.4. The fourth-order valence-electron chi connectivity index (χ4n) is 3.34. The monoisotopic (exact) mass is 530 g/mol. The number of hydrogen-bond acceptors (Lipinski definition) is 6. The highest BCUT2D eigenvalue weighted by atomic mass is 79.9. The second-order valence-electron chi connectivity index (χ2n) is 7.38. The summed E-state index contributed by atoms with van der Waals surface area (Å²) >= 11 is 3.40. The van der Waals surface area contributed by atoms with E-state index < -0.39 is 18.2 Å². The van der Waals surface area contributed by atoms with Gasteiger partial charge in [-0.05, 0) is 36.8 Å². The number of para-hydroxylation sites is 1. The summed E-state index contributed by atoms with van der Waals surface area (Å²) in [5, 5.41) is 10.9. The maximum absolute atomic E-state index is 12.1. The molecule has 0 radical (unpaired) electrons. The van der Waals surface area contributed by atoms with Gasteiger partial charge >= 0.3 is 6.03 Å². The molecule has 0 bridgehead atoms. The van der Waals surface area contributed by atoms with E-state index in [4.69, 9.17) is 14.6 Å². The molecule has 1 aliphatic heterocycles. The molecule has 0 spiro atoms. The SMILES string of the molecule is COC(C)C(c1ncc(-c2ccc(Br)cc2)[nH]1)N1C(=O)CNC1=O.OCCOc1ccccc1. The van der Waals surface area contributed by atoms with Crippen LogP contribution in [0.25, 0.3) is 11.3 Å². The minimum atomic E-state index is -0.616. The maximum atomic E-state index is 12.1. The number of aliphatic hydroxyl groups is 1. The van der Waals surface area contributed by atoms with E-state index in [2.05, 4.69) is 31.2 Å². The summed E-state index contributed by atoms with van der Waals surface area (Å²) < 4.78 is 11.5. The number of halogens is 1. The highest BCUT2D eigenvalue weighted by Crippen LogP contribution is 2.28. The number of aliphatic hydroxyl groups excluding tert-OH is 1. The average molecular weight is 531 g/mol. The van der Waals surface area contributed by atoms with Crippen LogP contribution < -0.4 is 10.1 Å². The van der Waals surface area contributed by atoms with Gasteiger partial charge in [-0.15, -0.1) is 0 Å². The number of urea groups is 1. The number of benzene rings is 2. The zero-order chi connectivity index (χ0) is 24.5. The van der Waals surface area contributed by atoms with Crippen LogP contribution in [0, 0.1) is 0 Å². The number of aromatic amines is 1. The molecule has 1 saturated heterocycles. The van der Waals surface area contributed by atoms with Crippen molar-refractivity contribution in [1.29, 1.82) is 0 Å². The molecule has 4 rings (SSSR count). The summed E-state index contributed by atoms with van der Waals surface area (Å²) in [6, 6.07) is 16.1. The molecule has 2 aromatic carbocycles. The number of nitrogens with zero attached hydrogens (tertiary/aromatic N) is 2. The Labute approximate surface area is 206 Å². The number of carbonyl (C=O) groups excluding carboxylic acids is 2. The van der Waals surface area contributed by atoms with Gasteiger partial charge in [-0.25, -0.2) is 14.7 Å². The van der Waals surface area contributed by atoms with E-state index >= 15 is 0 Å². The smallest absolute Gasteiger partial charge is 0.325 e. The number of aromatic nitrogens is 2. The lowest BCUT2D eigenvalue weighted by Gasteiger charge is -2.27. The molecule has 9 nitrogen and oxygen atoms in total. The summed E-state index contributed by atoms with van der Waals surface area (Å²) in [6.45, 7) is 2.22. The standard InChI is InChI=1S/C16H17BrN4O3.C8H10O2/c1-9(24-2)14(21-13(22)8-19-16(21)23)15-18-7-12(20-15)10-3-5-11(17)6-4-10;9-6-7-10-8-4-2-1-3-5-8/h3-7,9,14H,8H2,1-2H3,(H,18,20)(H,19,23);1-5,9H,6-7H2. The van der Waals surface area contributed by atoms with E-state index in [-0.39, 0.29) is 19.1 Å². The number of ether oxygens (including phenoxy) is 2. The topological polar surface area (TPSA) is 117 Å². The molecular weight excluding hydrogens is 504 g/mol. The zero-order valence-corrected chi connectivity index (χ0v) is 20.5. The first-order valence-corrected chi connectivity index (χ1v) is 11.5. The number of hydrogen-bond donors (Lipinski definition) is 3. The molecule has 1 aromatic heterocycles. The van der Waals surface area contributed by atoms with Crippen molar-refractivity contribution >= 4 is 27.9 Å². The lowest BCUT2D eigenvalue weighted by molar-refractivity contribution is -0.129. The van der Waals surface area contributed by atoms with E-state index in [1.165, 1.54) is 12.0 Å². The van der Waals surface area contributed by atoms with Gasteiger partial charge in [0.05, 0.1) is 31.1 Å². The Morgan fingerprint density at radius 1 is 1.15 bits per heavy atom. The van der Waals surface area contributed by atoms with Crippen molar-refractivity contribution < 1.29 is 24.2 Å². The Kier molecular flexibility index (Phi) is 9.20. The van der Waals surface area contributed by atoms with Gasteiger partial charge in [0, 0.05) is 11.6 Å². The Morgan fingerprint density at radius 3 is 2.44 bits per heavy atom. The van der Waals surface area contributed by atoms with Gasteiger partial charge in [0.15, 0.2) is 0 Å². The minimum absolute atomic E-state index is 0.00789. The van der Waals surface area contributed by atoms with Crippen molar-refractivity contribution in [2.45, 2.75) is 19.1 Å². The molecule has 2 unspecified atom stereocenters. The zero-order valence-electron chi connectivity index (χ0n) is 18.9. The van der Waals surface area contributed by atoms with Crippen LogP contribution in [0.2, 0.25) is 0 Å². The maximum Gasteiger partial charge on any atom is 0.325 e. The molecule has 10 heteroatoms. The minimum Gasteiger partial charge on any atom is -0.491 e. The first-order valence-electron chi connectivity index (χ1n) is 10.7. The molecule has 2 atom stereocenters. The van der Waals surface area contributed by atoms with Gasteiger partial charge in [0.2, 0.25) is 0 Å². The molecule has 3 aromatic rings. The fourth-order valence-corrected chi connectivity index (χ4v) is 3.61. The van der Waals surface area contributed by atoms with Crippen LogP contribution in [-0.2, 0) is 9.53 Å². The van der Waals surface area contributed by atoms with E-state index in [9.17, 15) is 9.59 Å². The fraction of sp³-hybridized carbons (Fsp3) is 0.292. The summed E-state index contributed by atoms with van der Waals surface area (Å²) in [5.41, 5.74) is 1.76. The Bertz CT molecular complexity index is 1060. The molecule has 3 N–H and O–H groups in total. The van der Waals surface area contributed by atoms with Crippen molar-refractivity contribution in [3.8, 4) is 17.0 Å². The molecule has 34 heavy (non-hydrogen) atoms. The lowest BCUT2D eigenvalue weighted by Crippen LogP contribution is -2.41. The summed E-state index contributed by atoms with van der Waals surface area (Å²) in [6.07, 6.45) is 1.29. The third-order valence-electron chi connectivity index (χ3n) is 5.11. The number of imidazole rings is 1. The highest BCUT2D eigenvalue weighted by Gasteiger charge is 2.40.